The number of hydrogen-bond acceptors (Lipinski definition) is 2. The van der Waals surface area contributed by atoms with Gasteiger partial charge in [-0.1, -0.05) is 68.8 Å². The molecule has 1 aliphatic rings. The molecule has 24 heavy (non-hydrogen) atoms. The van der Waals surface area contributed by atoms with E-state index in [1.807, 2.05) is 62.4 Å². The molecule has 0 radical (unpaired) electrons. The molecule has 3 rings (SSSR count). The molecule has 1 aliphatic carbocycles. The molecule has 1 amide bonds. The quantitative estimate of drug-likeness (QED) is 0.886. The minimum absolute atomic E-state index is 0.127. The van der Waals surface area contributed by atoms with Gasteiger partial charge in [0.15, 0.2) is 0 Å². The van der Waals surface area contributed by atoms with Gasteiger partial charge < -0.3 is 10.4 Å². The van der Waals surface area contributed by atoms with Crippen LogP contribution in [-0.2, 0) is 9.59 Å². The lowest BCUT2D eigenvalue weighted by Crippen LogP contribution is -2.46. The van der Waals surface area contributed by atoms with Crippen LogP contribution in [-0.4, -0.2) is 23.0 Å². The van der Waals surface area contributed by atoms with Gasteiger partial charge in [-0.2, -0.15) is 0 Å². The smallest absolute Gasteiger partial charge is 0.326 e. The van der Waals surface area contributed by atoms with Crippen molar-refractivity contribution >= 4 is 11.9 Å². The highest BCUT2D eigenvalue weighted by molar-refractivity contribution is 5.97. The highest BCUT2D eigenvalue weighted by Crippen LogP contribution is 2.44. The summed E-state index contributed by atoms with van der Waals surface area (Å²) in [7, 11) is 0. The van der Waals surface area contributed by atoms with Crippen LogP contribution in [0.25, 0.3) is 11.1 Å². The monoisotopic (exact) mass is 323 g/mol. The van der Waals surface area contributed by atoms with Gasteiger partial charge in [0.25, 0.3) is 0 Å². The number of carboxylic acids is 1. The van der Waals surface area contributed by atoms with Crippen LogP contribution in [0, 0.1) is 5.92 Å². The summed E-state index contributed by atoms with van der Waals surface area (Å²) in [6, 6.07) is 14.8. The first kappa shape index (κ1) is 16.2. The average molecular weight is 323 g/mol. The van der Waals surface area contributed by atoms with Crippen LogP contribution in [0.4, 0.5) is 0 Å². The summed E-state index contributed by atoms with van der Waals surface area (Å²) < 4.78 is 0. The summed E-state index contributed by atoms with van der Waals surface area (Å²) >= 11 is 0. The Kier molecular flexibility index (Phi) is 4.38. The predicted molar refractivity (Wildman–Crippen MR) is 92.7 cm³/mol. The highest BCUT2D eigenvalue weighted by Gasteiger charge is 2.36. The number of hydrogen-bond donors (Lipinski definition) is 2. The van der Waals surface area contributed by atoms with Crippen molar-refractivity contribution in [3.63, 3.8) is 0 Å². The molecule has 2 N–H and O–H groups in total. The summed E-state index contributed by atoms with van der Waals surface area (Å²) in [4.78, 5) is 24.5. The number of carbonyl (C=O) groups is 2. The molecule has 4 heteroatoms. The average Bonchev–Trinajstić information content (AvgIpc) is 2.93. The van der Waals surface area contributed by atoms with E-state index in [1.54, 1.807) is 0 Å². The van der Waals surface area contributed by atoms with Crippen molar-refractivity contribution in [2.45, 2.75) is 32.2 Å². The van der Waals surface area contributed by atoms with Crippen molar-refractivity contribution in [3.05, 3.63) is 59.7 Å². The zero-order valence-corrected chi connectivity index (χ0v) is 13.8. The van der Waals surface area contributed by atoms with E-state index in [0.29, 0.717) is 6.42 Å². The second kappa shape index (κ2) is 6.48. The first-order chi connectivity index (χ1) is 11.5. The van der Waals surface area contributed by atoms with E-state index in [4.69, 9.17) is 0 Å². The zero-order valence-electron chi connectivity index (χ0n) is 13.8. The second-order valence-corrected chi connectivity index (χ2v) is 6.32. The molecule has 2 atom stereocenters. The molecule has 0 saturated heterocycles. The van der Waals surface area contributed by atoms with Gasteiger partial charge in [-0.15, -0.1) is 0 Å². The van der Waals surface area contributed by atoms with Crippen molar-refractivity contribution in [3.8, 4) is 11.1 Å². The number of fused-ring (bicyclic) bond motifs is 3. The Hall–Kier alpha value is -2.62. The lowest BCUT2D eigenvalue weighted by Gasteiger charge is -2.23. The van der Waals surface area contributed by atoms with Gasteiger partial charge in [-0.25, -0.2) is 4.79 Å². The van der Waals surface area contributed by atoms with Crippen LogP contribution in [0.15, 0.2) is 48.5 Å². The number of carboxylic acid groups (broad SMARTS) is 1. The predicted octanol–water partition coefficient (Wildman–Crippen LogP) is 3.41. The third kappa shape index (κ3) is 2.68. The third-order valence-corrected chi connectivity index (χ3v) is 4.87. The van der Waals surface area contributed by atoms with Gasteiger partial charge >= 0.3 is 5.97 Å². The second-order valence-electron chi connectivity index (χ2n) is 6.32. The molecule has 0 aliphatic heterocycles. The van der Waals surface area contributed by atoms with Gasteiger partial charge in [0.1, 0.15) is 6.04 Å². The van der Waals surface area contributed by atoms with Gasteiger partial charge in [0, 0.05) is 0 Å². The van der Waals surface area contributed by atoms with Crippen LogP contribution < -0.4 is 5.32 Å². The Labute approximate surface area is 141 Å². The number of rotatable bonds is 5. The molecule has 0 spiro atoms. The van der Waals surface area contributed by atoms with Crippen LogP contribution in [0.3, 0.4) is 0 Å². The third-order valence-electron chi connectivity index (χ3n) is 4.87. The molecule has 0 aromatic heterocycles. The van der Waals surface area contributed by atoms with E-state index in [0.717, 1.165) is 22.3 Å². The van der Waals surface area contributed by atoms with Gasteiger partial charge in [0.05, 0.1) is 5.92 Å². The zero-order chi connectivity index (χ0) is 17.3. The molecule has 0 fully saturated rings. The minimum Gasteiger partial charge on any atom is -0.480 e. The molecule has 2 aromatic rings. The Balaban J connectivity index is 1.97. The Morgan fingerprint density at radius 1 is 1.04 bits per heavy atom. The molecular formula is C20H21NO3. The summed E-state index contributed by atoms with van der Waals surface area (Å²) in [6.07, 6.45) is 0.690. The largest absolute Gasteiger partial charge is 0.480 e. The van der Waals surface area contributed by atoms with Crippen molar-refractivity contribution < 1.29 is 14.7 Å². The Morgan fingerprint density at radius 3 is 2.00 bits per heavy atom. The van der Waals surface area contributed by atoms with Crippen LogP contribution in [0.1, 0.15) is 37.3 Å². The lowest BCUT2D eigenvalue weighted by molar-refractivity contribution is -0.143. The minimum atomic E-state index is -0.989. The molecule has 2 aromatic carbocycles. The van der Waals surface area contributed by atoms with Crippen molar-refractivity contribution in [2.24, 2.45) is 5.92 Å². The molecule has 0 bridgehead atoms. The maximum Gasteiger partial charge on any atom is 0.326 e. The molecular weight excluding hydrogens is 302 g/mol. The van der Waals surface area contributed by atoms with Crippen LogP contribution in [0.2, 0.25) is 0 Å². The van der Waals surface area contributed by atoms with E-state index in [1.165, 1.54) is 0 Å². The fourth-order valence-corrected chi connectivity index (χ4v) is 3.36. The molecule has 4 nitrogen and oxygen atoms in total. The standard InChI is InChI=1S/C20H21NO3/c1-3-12(2)18(20(23)24)21-19(22)17-15-10-6-4-8-13(15)14-9-5-7-11-16(14)17/h4-12,17-18H,3H2,1-2H3,(H,21,22)(H,23,24)/t12-,18-/m0/s1. The van der Waals surface area contributed by atoms with E-state index in [-0.39, 0.29) is 11.8 Å². The highest BCUT2D eigenvalue weighted by atomic mass is 16.4. The van der Waals surface area contributed by atoms with Crippen molar-refractivity contribution in [1.29, 1.82) is 0 Å². The summed E-state index contributed by atoms with van der Waals surface area (Å²) in [6.45, 7) is 3.77. The van der Waals surface area contributed by atoms with E-state index < -0.39 is 17.9 Å². The van der Waals surface area contributed by atoms with Crippen molar-refractivity contribution in [1.82, 2.24) is 5.32 Å². The number of nitrogens with one attached hydrogen (secondary N) is 1. The molecule has 0 heterocycles. The number of carbonyl (C=O) groups excluding carboxylic acids is 1. The van der Waals surface area contributed by atoms with Gasteiger partial charge in [-0.3, -0.25) is 4.79 Å². The first-order valence-corrected chi connectivity index (χ1v) is 8.26. The summed E-state index contributed by atoms with van der Waals surface area (Å²) in [5.41, 5.74) is 3.96. The SMILES string of the molecule is CC[C@H](C)[C@H](NC(=O)C1c2ccccc2-c2ccccc21)C(=O)O. The van der Waals surface area contributed by atoms with Crippen LogP contribution >= 0.6 is 0 Å². The van der Waals surface area contributed by atoms with E-state index in [2.05, 4.69) is 5.32 Å². The maximum atomic E-state index is 12.9. The number of amides is 1. The van der Waals surface area contributed by atoms with Crippen LogP contribution in [0.5, 0.6) is 0 Å². The lowest BCUT2D eigenvalue weighted by atomic mass is 9.93. The Morgan fingerprint density at radius 2 is 1.54 bits per heavy atom. The fraction of sp³-hybridized carbons (Fsp3) is 0.300. The molecule has 124 valence electrons. The van der Waals surface area contributed by atoms with Gasteiger partial charge in [0.2, 0.25) is 5.91 Å². The van der Waals surface area contributed by atoms with E-state index in [9.17, 15) is 14.7 Å². The maximum absolute atomic E-state index is 12.9. The Bertz CT molecular complexity index is 738. The topological polar surface area (TPSA) is 66.4 Å². The molecule has 0 saturated carbocycles. The fourth-order valence-electron chi connectivity index (χ4n) is 3.36. The first-order valence-electron chi connectivity index (χ1n) is 8.26. The molecule has 0 unspecified atom stereocenters. The van der Waals surface area contributed by atoms with Crippen molar-refractivity contribution in [2.75, 3.05) is 0 Å². The normalized spacial score (nSPS) is 15.2. The summed E-state index contributed by atoms with van der Waals surface area (Å²) in [5, 5.41) is 12.2. The van der Waals surface area contributed by atoms with E-state index >= 15 is 0 Å². The summed E-state index contributed by atoms with van der Waals surface area (Å²) in [5.74, 6) is -1.82. The van der Waals surface area contributed by atoms with Gasteiger partial charge in [-0.05, 0) is 28.2 Å². The number of aliphatic carboxylic acids is 1. The number of benzene rings is 2.